The molecule has 1 N–H and O–H groups in total. The molecule has 4 rings (SSSR count). The van der Waals surface area contributed by atoms with E-state index in [4.69, 9.17) is 4.74 Å². The first-order chi connectivity index (χ1) is 14.5. The number of piperidine rings is 1. The molecule has 0 aliphatic carbocycles. The molecule has 0 atom stereocenters. The molecule has 8 heteroatoms. The summed E-state index contributed by atoms with van der Waals surface area (Å²) in [5, 5.41) is 2.87. The van der Waals surface area contributed by atoms with Crippen LogP contribution in [0.25, 0.3) is 0 Å². The first-order valence-corrected chi connectivity index (χ1v) is 10.2. The monoisotopic (exact) mass is 443 g/mol. The number of nitrogens with one attached hydrogen (secondary N) is 1. The summed E-state index contributed by atoms with van der Waals surface area (Å²) in [6, 6.07) is 14.8. The maximum absolute atomic E-state index is 12.4. The van der Waals surface area contributed by atoms with Gasteiger partial charge in [0.1, 0.15) is 6.61 Å². The summed E-state index contributed by atoms with van der Waals surface area (Å²) >= 11 is 0. The van der Waals surface area contributed by atoms with E-state index in [0.29, 0.717) is 24.4 Å². The standard InChI is InChI=1S/C23H25N3O4.ClH/c1-16(27)17-6-8-19(9-7-17)24-22(28)14-25-12-10-20(11-13-25)26-21-5-3-2-4-18(21)15-30-23(26)29;/h2-9,20H,10-15H2,1H3,(H,24,28);1H. The number of amides is 2. The van der Waals surface area contributed by atoms with Crippen LogP contribution in [0, 0.1) is 0 Å². The van der Waals surface area contributed by atoms with Crippen LogP contribution in [-0.2, 0) is 16.1 Å². The van der Waals surface area contributed by atoms with Crippen LogP contribution in [0.5, 0.6) is 0 Å². The highest BCUT2D eigenvalue weighted by Crippen LogP contribution is 2.31. The fourth-order valence-electron chi connectivity index (χ4n) is 4.05. The van der Waals surface area contributed by atoms with E-state index in [-0.39, 0.29) is 36.2 Å². The van der Waals surface area contributed by atoms with Crippen molar-refractivity contribution in [3.05, 3.63) is 59.7 Å². The molecule has 0 aromatic heterocycles. The molecule has 2 amide bonds. The van der Waals surface area contributed by atoms with Crippen LogP contribution in [0.4, 0.5) is 16.2 Å². The SMILES string of the molecule is CC(=O)c1ccc(NC(=O)CN2CCC(N3C(=O)OCc4ccccc43)CC2)cc1.Cl. The lowest BCUT2D eigenvalue weighted by Gasteiger charge is -2.40. The number of Topliss-reactive ketones (excluding diaryl/α,β-unsaturated/α-hetero) is 1. The molecule has 2 aliphatic rings. The molecule has 0 radical (unpaired) electrons. The summed E-state index contributed by atoms with van der Waals surface area (Å²) in [4.78, 5) is 40.0. The zero-order valence-electron chi connectivity index (χ0n) is 17.4. The van der Waals surface area contributed by atoms with Crippen LogP contribution < -0.4 is 10.2 Å². The van der Waals surface area contributed by atoms with Gasteiger partial charge in [-0.15, -0.1) is 12.4 Å². The van der Waals surface area contributed by atoms with Crippen LogP contribution >= 0.6 is 12.4 Å². The van der Waals surface area contributed by atoms with Crippen molar-refractivity contribution >= 4 is 41.6 Å². The van der Waals surface area contributed by atoms with Gasteiger partial charge in [0.15, 0.2) is 5.78 Å². The fourth-order valence-corrected chi connectivity index (χ4v) is 4.05. The Kier molecular flexibility index (Phi) is 7.30. The summed E-state index contributed by atoms with van der Waals surface area (Å²) in [6.07, 6.45) is 1.27. The number of nitrogens with zero attached hydrogens (tertiary/aromatic N) is 2. The Balaban J connectivity index is 0.00000272. The highest BCUT2D eigenvalue weighted by molar-refractivity contribution is 5.96. The van der Waals surface area contributed by atoms with E-state index < -0.39 is 0 Å². The number of benzene rings is 2. The van der Waals surface area contributed by atoms with Crippen molar-refractivity contribution in [2.24, 2.45) is 0 Å². The van der Waals surface area contributed by atoms with Gasteiger partial charge in [0.2, 0.25) is 5.91 Å². The van der Waals surface area contributed by atoms with Crippen molar-refractivity contribution in [1.82, 2.24) is 4.90 Å². The van der Waals surface area contributed by atoms with Gasteiger partial charge in [-0.3, -0.25) is 19.4 Å². The molecule has 0 unspecified atom stereocenters. The topological polar surface area (TPSA) is 79.0 Å². The smallest absolute Gasteiger partial charge is 0.414 e. The third-order valence-electron chi connectivity index (χ3n) is 5.66. The zero-order chi connectivity index (χ0) is 21.1. The molecule has 31 heavy (non-hydrogen) atoms. The van der Waals surface area contributed by atoms with Crippen LogP contribution in [0.2, 0.25) is 0 Å². The lowest BCUT2D eigenvalue weighted by Crippen LogP contribution is -2.50. The van der Waals surface area contributed by atoms with Gasteiger partial charge >= 0.3 is 6.09 Å². The maximum atomic E-state index is 12.4. The predicted molar refractivity (Wildman–Crippen MR) is 121 cm³/mol. The lowest BCUT2D eigenvalue weighted by atomic mass is 10.0. The van der Waals surface area contributed by atoms with Gasteiger partial charge in [-0.25, -0.2) is 4.79 Å². The van der Waals surface area contributed by atoms with Crippen molar-refractivity contribution in [1.29, 1.82) is 0 Å². The number of hydrogen-bond donors (Lipinski definition) is 1. The molecule has 2 heterocycles. The largest absolute Gasteiger partial charge is 0.444 e. The molecule has 164 valence electrons. The van der Waals surface area contributed by atoms with Gasteiger partial charge in [0.05, 0.1) is 12.2 Å². The van der Waals surface area contributed by atoms with Gasteiger partial charge in [-0.2, -0.15) is 0 Å². The zero-order valence-corrected chi connectivity index (χ0v) is 18.2. The van der Waals surface area contributed by atoms with Crippen molar-refractivity contribution < 1.29 is 19.1 Å². The summed E-state index contributed by atoms with van der Waals surface area (Å²) in [5.41, 5.74) is 3.24. The van der Waals surface area contributed by atoms with Crippen LogP contribution in [-0.4, -0.2) is 48.4 Å². The summed E-state index contributed by atoms with van der Waals surface area (Å²) < 4.78 is 5.34. The minimum atomic E-state index is -0.293. The third kappa shape index (κ3) is 5.24. The normalized spacial score (nSPS) is 16.7. The van der Waals surface area contributed by atoms with Crippen molar-refractivity contribution in [3.8, 4) is 0 Å². The Morgan fingerprint density at radius 1 is 1.06 bits per heavy atom. The minimum Gasteiger partial charge on any atom is -0.444 e. The maximum Gasteiger partial charge on any atom is 0.414 e. The van der Waals surface area contributed by atoms with E-state index in [9.17, 15) is 14.4 Å². The average molecular weight is 444 g/mol. The fraction of sp³-hybridized carbons (Fsp3) is 0.348. The summed E-state index contributed by atoms with van der Waals surface area (Å²) in [6.45, 7) is 3.58. The van der Waals surface area contributed by atoms with Gasteiger partial charge in [0, 0.05) is 35.9 Å². The lowest BCUT2D eigenvalue weighted by molar-refractivity contribution is -0.117. The highest BCUT2D eigenvalue weighted by atomic mass is 35.5. The number of likely N-dealkylation sites (tertiary alicyclic amines) is 1. The van der Waals surface area contributed by atoms with Crippen LogP contribution in [0.3, 0.4) is 0 Å². The number of halogens is 1. The number of anilines is 2. The van der Waals surface area contributed by atoms with E-state index >= 15 is 0 Å². The molecule has 1 saturated heterocycles. The summed E-state index contributed by atoms with van der Waals surface area (Å²) in [7, 11) is 0. The second kappa shape index (κ2) is 9.94. The number of fused-ring (bicyclic) bond motifs is 1. The van der Waals surface area contributed by atoms with E-state index in [1.165, 1.54) is 6.92 Å². The first kappa shape index (κ1) is 22.8. The van der Waals surface area contributed by atoms with Crippen molar-refractivity contribution in [2.75, 3.05) is 29.9 Å². The second-order valence-electron chi connectivity index (χ2n) is 7.74. The predicted octanol–water partition coefficient (Wildman–Crippen LogP) is 3.87. The number of carbonyl (C=O) groups is 3. The van der Waals surface area contributed by atoms with Gasteiger partial charge in [-0.05, 0) is 50.1 Å². The number of cyclic esters (lactones) is 1. The molecule has 2 aromatic rings. The molecule has 2 aromatic carbocycles. The van der Waals surface area contributed by atoms with Crippen molar-refractivity contribution in [3.63, 3.8) is 0 Å². The van der Waals surface area contributed by atoms with Gasteiger partial charge < -0.3 is 10.1 Å². The number of carbonyl (C=O) groups excluding carboxylic acids is 3. The van der Waals surface area contributed by atoms with Crippen LogP contribution in [0.15, 0.2) is 48.5 Å². The Bertz CT molecular complexity index is 956. The molecule has 0 spiro atoms. The Morgan fingerprint density at radius 3 is 2.42 bits per heavy atom. The molecular formula is C23H26ClN3O4. The Hall–Kier alpha value is -2.90. The van der Waals surface area contributed by atoms with Crippen molar-refractivity contribution in [2.45, 2.75) is 32.4 Å². The molecule has 0 bridgehead atoms. The molecule has 0 saturated carbocycles. The van der Waals surface area contributed by atoms with E-state index in [1.54, 1.807) is 29.2 Å². The number of ether oxygens (including phenoxy) is 1. The highest BCUT2D eigenvalue weighted by Gasteiger charge is 2.34. The number of hydrogen-bond acceptors (Lipinski definition) is 5. The van der Waals surface area contributed by atoms with E-state index in [2.05, 4.69) is 10.2 Å². The Morgan fingerprint density at radius 2 is 1.74 bits per heavy atom. The van der Waals surface area contributed by atoms with Crippen LogP contribution in [0.1, 0.15) is 35.7 Å². The minimum absolute atomic E-state index is 0. The molecule has 1 fully saturated rings. The third-order valence-corrected chi connectivity index (χ3v) is 5.66. The summed E-state index contributed by atoms with van der Waals surface area (Å²) in [5.74, 6) is -0.0947. The number of rotatable bonds is 5. The number of ketones is 1. The average Bonchev–Trinajstić information content (AvgIpc) is 2.75. The Labute approximate surface area is 187 Å². The van der Waals surface area contributed by atoms with Gasteiger partial charge in [0.25, 0.3) is 0 Å². The van der Waals surface area contributed by atoms with Gasteiger partial charge in [-0.1, -0.05) is 18.2 Å². The quantitative estimate of drug-likeness (QED) is 0.709. The number of para-hydroxylation sites is 1. The first-order valence-electron chi connectivity index (χ1n) is 10.2. The van der Waals surface area contributed by atoms with E-state index in [1.807, 2.05) is 24.3 Å². The molecular weight excluding hydrogens is 418 g/mol. The molecule has 7 nitrogen and oxygen atoms in total. The second-order valence-corrected chi connectivity index (χ2v) is 7.74. The molecule has 2 aliphatic heterocycles. The van der Waals surface area contributed by atoms with E-state index in [0.717, 1.165) is 37.2 Å².